The van der Waals surface area contributed by atoms with Gasteiger partial charge in [-0.2, -0.15) is 0 Å². The quantitative estimate of drug-likeness (QED) is 0.218. The Morgan fingerprint density at radius 2 is 1.88 bits per heavy atom. The number of ether oxygens (including phenoxy) is 2. The topological polar surface area (TPSA) is 89.0 Å². The van der Waals surface area contributed by atoms with Crippen LogP contribution < -0.4 is 15.4 Å². The molecule has 1 aromatic carbocycles. The number of aliphatic imine (C=N–C) groups is 1. The summed E-state index contributed by atoms with van der Waals surface area (Å²) in [5, 5.41) is 6.16. The lowest BCUT2D eigenvalue weighted by atomic mass is 10.3. The van der Waals surface area contributed by atoms with Gasteiger partial charge in [0.15, 0.2) is 5.96 Å². The van der Waals surface area contributed by atoms with Crippen LogP contribution in [0.5, 0.6) is 5.75 Å². The van der Waals surface area contributed by atoms with Gasteiger partial charge in [0.2, 0.25) is 0 Å². The fourth-order valence-electron chi connectivity index (χ4n) is 1.80. The van der Waals surface area contributed by atoms with Crippen molar-refractivity contribution in [2.45, 2.75) is 13.0 Å². The van der Waals surface area contributed by atoms with Crippen molar-refractivity contribution in [3.8, 4) is 5.75 Å². The van der Waals surface area contributed by atoms with Crippen molar-refractivity contribution in [2.75, 3.05) is 45.4 Å². The first-order valence-electron chi connectivity index (χ1n) is 7.92. The third-order valence-electron chi connectivity index (χ3n) is 3.07. The fraction of sp³-hybridized carbons (Fsp3) is 0.562. The molecule has 0 heterocycles. The number of rotatable bonds is 10. The summed E-state index contributed by atoms with van der Waals surface area (Å²) in [7, 11) is -1.35. The number of hydrogen-bond acceptors (Lipinski definition) is 5. The summed E-state index contributed by atoms with van der Waals surface area (Å²) in [4.78, 5) is 4.07. The molecule has 0 bridgehead atoms. The second-order valence-electron chi connectivity index (χ2n) is 5.50. The van der Waals surface area contributed by atoms with Crippen LogP contribution in [0.3, 0.4) is 0 Å². The van der Waals surface area contributed by atoms with Gasteiger partial charge in [0.1, 0.15) is 27.5 Å². The van der Waals surface area contributed by atoms with Crippen LogP contribution in [0.15, 0.2) is 29.3 Å². The van der Waals surface area contributed by atoms with E-state index < -0.39 is 9.84 Å². The smallest absolute Gasteiger partial charge is 0.191 e. The molecule has 0 fully saturated rings. The Hall–Kier alpha value is -1.14. The normalized spacial score (nSPS) is 12.8. The highest BCUT2D eigenvalue weighted by atomic mass is 127. The van der Waals surface area contributed by atoms with Crippen LogP contribution in [0, 0.1) is 5.82 Å². The molecule has 1 unspecified atom stereocenters. The Labute approximate surface area is 171 Å². The molecule has 150 valence electrons. The van der Waals surface area contributed by atoms with Gasteiger partial charge in [0, 0.05) is 19.8 Å². The Balaban J connectivity index is 0.00000625. The lowest BCUT2D eigenvalue weighted by molar-refractivity contribution is 0.154. The highest BCUT2D eigenvalue weighted by molar-refractivity contribution is 14.0. The molecule has 26 heavy (non-hydrogen) atoms. The van der Waals surface area contributed by atoms with E-state index in [0.717, 1.165) is 0 Å². The molecule has 0 aliphatic rings. The molecule has 2 N–H and O–H groups in total. The van der Waals surface area contributed by atoms with E-state index in [1.165, 1.54) is 18.4 Å². The summed E-state index contributed by atoms with van der Waals surface area (Å²) >= 11 is 0. The molecule has 1 atom stereocenters. The molecule has 0 saturated heterocycles. The Bertz CT molecular complexity index is 641. The first kappa shape index (κ1) is 24.9. The van der Waals surface area contributed by atoms with Gasteiger partial charge in [-0.3, -0.25) is 4.99 Å². The highest BCUT2D eigenvalue weighted by Crippen LogP contribution is 2.12. The molecule has 1 rings (SSSR count). The van der Waals surface area contributed by atoms with Crippen molar-refractivity contribution in [3.05, 3.63) is 30.1 Å². The number of benzene rings is 1. The molecule has 10 heteroatoms. The summed E-state index contributed by atoms with van der Waals surface area (Å²) in [5.41, 5.74) is 0. The fourth-order valence-corrected chi connectivity index (χ4v) is 2.22. The zero-order valence-corrected chi connectivity index (χ0v) is 18.3. The van der Waals surface area contributed by atoms with E-state index in [2.05, 4.69) is 15.6 Å². The molecule has 7 nitrogen and oxygen atoms in total. The predicted octanol–water partition coefficient (Wildman–Crippen LogP) is 1.44. The van der Waals surface area contributed by atoms with E-state index in [1.807, 2.05) is 6.92 Å². The van der Waals surface area contributed by atoms with Crippen molar-refractivity contribution < 1.29 is 22.3 Å². The summed E-state index contributed by atoms with van der Waals surface area (Å²) in [6.07, 6.45) is 1.03. The third-order valence-corrected chi connectivity index (χ3v) is 3.98. The van der Waals surface area contributed by atoms with E-state index in [1.54, 1.807) is 19.2 Å². The predicted molar refractivity (Wildman–Crippen MR) is 112 cm³/mol. The molecule has 0 aromatic heterocycles. The molecule has 0 saturated carbocycles. The maximum Gasteiger partial charge on any atom is 0.191 e. The van der Waals surface area contributed by atoms with E-state index in [-0.39, 0.29) is 48.3 Å². The molecule has 0 spiro atoms. The number of halogens is 2. The van der Waals surface area contributed by atoms with Crippen LogP contribution in [-0.2, 0) is 14.6 Å². The summed E-state index contributed by atoms with van der Waals surface area (Å²) in [6, 6.07) is 5.85. The lowest BCUT2D eigenvalue weighted by Gasteiger charge is -2.17. The van der Waals surface area contributed by atoms with Crippen LogP contribution in [-0.4, -0.2) is 65.8 Å². The third kappa shape index (κ3) is 12.3. The molecule has 0 aliphatic carbocycles. The standard InChI is InChI=1S/C16H26FN3O4S.HI/c1-13(24-15-6-4-14(17)5-7-15)12-20-16(18-2)19-8-9-23-10-11-25(3,21)22;/h4-7,13H,8-12H2,1-3H3,(H2,18,19,20);1H. The monoisotopic (exact) mass is 503 g/mol. The molecule has 1 aromatic rings. The van der Waals surface area contributed by atoms with Crippen LogP contribution in [0.1, 0.15) is 6.92 Å². The zero-order chi connectivity index (χ0) is 18.7. The van der Waals surface area contributed by atoms with Crippen LogP contribution in [0.25, 0.3) is 0 Å². The molecule has 0 radical (unpaired) electrons. The maximum absolute atomic E-state index is 12.8. The van der Waals surface area contributed by atoms with Crippen molar-refractivity contribution in [2.24, 2.45) is 4.99 Å². The van der Waals surface area contributed by atoms with E-state index in [9.17, 15) is 12.8 Å². The average Bonchev–Trinajstić information content (AvgIpc) is 2.54. The summed E-state index contributed by atoms with van der Waals surface area (Å²) in [6.45, 7) is 3.44. The van der Waals surface area contributed by atoms with Crippen LogP contribution in [0.2, 0.25) is 0 Å². The number of nitrogens with one attached hydrogen (secondary N) is 2. The zero-order valence-electron chi connectivity index (χ0n) is 15.2. The number of hydrogen-bond donors (Lipinski definition) is 2. The van der Waals surface area contributed by atoms with E-state index in [0.29, 0.717) is 31.4 Å². The molecule has 0 amide bonds. The van der Waals surface area contributed by atoms with Crippen molar-refractivity contribution in [1.29, 1.82) is 0 Å². The maximum atomic E-state index is 12.8. The van der Waals surface area contributed by atoms with Gasteiger partial charge >= 0.3 is 0 Å². The Morgan fingerprint density at radius 1 is 1.23 bits per heavy atom. The van der Waals surface area contributed by atoms with Crippen LogP contribution in [0.4, 0.5) is 4.39 Å². The second kappa shape index (κ2) is 13.1. The first-order chi connectivity index (χ1) is 11.8. The van der Waals surface area contributed by atoms with Crippen LogP contribution >= 0.6 is 24.0 Å². The van der Waals surface area contributed by atoms with Gasteiger partial charge in [0.25, 0.3) is 0 Å². The van der Waals surface area contributed by atoms with Crippen molar-refractivity contribution in [1.82, 2.24) is 10.6 Å². The minimum Gasteiger partial charge on any atom is -0.489 e. The minimum atomic E-state index is -2.99. The Kier molecular flexibility index (Phi) is 12.5. The van der Waals surface area contributed by atoms with Crippen molar-refractivity contribution in [3.63, 3.8) is 0 Å². The van der Waals surface area contributed by atoms with E-state index in [4.69, 9.17) is 9.47 Å². The molecular weight excluding hydrogens is 476 g/mol. The molecular formula is C16H27FIN3O4S. The van der Waals surface area contributed by atoms with Gasteiger partial charge in [-0.1, -0.05) is 0 Å². The van der Waals surface area contributed by atoms with Gasteiger partial charge in [-0.25, -0.2) is 12.8 Å². The number of nitrogens with zero attached hydrogens (tertiary/aromatic N) is 1. The minimum absolute atomic E-state index is 0. The average molecular weight is 503 g/mol. The lowest BCUT2D eigenvalue weighted by Crippen LogP contribution is -2.42. The number of guanidine groups is 1. The second-order valence-corrected chi connectivity index (χ2v) is 7.76. The van der Waals surface area contributed by atoms with E-state index >= 15 is 0 Å². The number of sulfone groups is 1. The van der Waals surface area contributed by atoms with Gasteiger partial charge < -0.3 is 20.1 Å². The highest BCUT2D eigenvalue weighted by Gasteiger charge is 2.06. The summed E-state index contributed by atoms with van der Waals surface area (Å²) < 4.78 is 45.7. The Morgan fingerprint density at radius 3 is 2.46 bits per heavy atom. The van der Waals surface area contributed by atoms with Crippen molar-refractivity contribution >= 4 is 39.8 Å². The molecule has 0 aliphatic heterocycles. The van der Waals surface area contributed by atoms with Gasteiger partial charge in [0.05, 0.1) is 25.5 Å². The SMILES string of the molecule is CN=C(NCCOCCS(C)(=O)=O)NCC(C)Oc1ccc(F)cc1.I. The summed E-state index contributed by atoms with van der Waals surface area (Å²) in [5.74, 6) is 0.888. The largest absolute Gasteiger partial charge is 0.489 e. The first-order valence-corrected chi connectivity index (χ1v) is 9.98. The van der Waals surface area contributed by atoms with Gasteiger partial charge in [-0.15, -0.1) is 24.0 Å². The van der Waals surface area contributed by atoms with Gasteiger partial charge in [-0.05, 0) is 31.2 Å².